The molecule has 162 valence electrons. The average molecular weight is 422 g/mol. The molecule has 0 aromatic heterocycles. The summed E-state index contributed by atoms with van der Waals surface area (Å²) in [6.07, 6.45) is 2.51. The van der Waals surface area contributed by atoms with Crippen molar-refractivity contribution in [2.75, 3.05) is 20.8 Å². The molecule has 0 spiro atoms. The van der Waals surface area contributed by atoms with Crippen LogP contribution in [0.25, 0.3) is 6.08 Å². The lowest BCUT2D eigenvalue weighted by Gasteiger charge is -2.40. The number of rotatable bonds is 3. The number of benzene rings is 2. The molecule has 2 aromatic rings. The Bertz CT molecular complexity index is 1120. The first kappa shape index (κ1) is 19.8. The highest BCUT2D eigenvalue weighted by Gasteiger charge is 2.45. The fourth-order valence-corrected chi connectivity index (χ4v) is 4.62. The van der Waals surface area contributed by atoms with Crippen LogP contribution in [0.3, 0.4) is 0 Å². The summed E-state index contributed by atoms with van der Waals surface area (Å²) >= 11 is 0. The first-order valence-electron chi connectivity index (χ1n) is 10.5. The van der Waals surface area contributed by atoms with E-state index >= 15 is 0 Å². The van der Waals surface area contributed by atoms with Gasteiger partial charge in [0.05, 0.1) is 31.3 Å². The van der Waals surface area contributed by atoms with Crippen molar-refractivity contribution in [3.63, 3.8) is 0 Å². The molecule has 31 heavy (non-hydrogen) atoms. The molecule has 0 fully saturated rings. The topological polar surface area (TPSA) is 63.2 Å². The maximum atomic E-state index is 13.6. The number of ketones is 1. The van der Waals surface area contributed by atoms with Gasteiger partial charge in [0.2, 0.25) is 0 Å². The zero-order chi connectivity index (χ0) is 21.9. The molecule has 3 atom stereocenters. The van der Waals surface area contributed by atoms with Gasteiger partial charge in [-0.1, -0.05) is 6.92 Å². The molecule has 2 aromatic carbocycles. The van der Waals surface area contributed by atoms with Gasteiger partial charge in [-0.05, 0) is 50.1 Å². The van der Waals surface area contributed by atoms with Crippen molar-refractivity contribution in [1.29, 1.82) is 0 Å². The second kappa shape index (κ2) is 6.94. The predicted molar refractivity (Wildman–Crippen MR) is 116 cm³/mol. The van der Waals surface area contributed by atoms with E-state index in [1.54, 1.807) is 20.3 Å². The highest BCUT2D eigenvalue weighted by molar-refractivity contribution is 6.06. The highest BCUT2D eigenvalue weighted by Crippen LogP contribution is 2.50. The molecule has 5 rings (SSSR count). The number of ether oxygens (including phenoxy) is 5. The van der Waals surface area contributed by atoms with E-state index in [9.17, 15) is 4.79 Å². The lowest BCUT2D eigenvalue weighted by molar-refractivity contribution is 0.0550. The number of carbonyl (C=O) groups is 1. The van der Waals surface area contributed by atoms with Crippen LogP contribution in [0.5, 0.6) is 28.7 Å². The van der Waals surface area contributed by atoms with Crippen molar-refractivity contribution in [1.82, 2.24) is 0 Å². The lowest BCUT2D eigenvalue weighted by Crippen LogP contribution is -2.43. The van der Waals surface area contributed by atoms with Crippen LogP contribution in [0.15, 0.2) is 29.8 Å². The van der Waals surface area contributed by atoms with Crippen LogP contribution in [0.1, 0.15) is 54.6 Å². The Balaban J connectivity index is 1.61. The SMILES string of the molecule is CCC1(C)Oc2ccc3c(c2C=C1C)O[C@@H]1COc2cc(OC)c(OC)cc2[C@@H]1C3=O. The Kier molecular flexibility index (Phi) is 4.43. The van der Waals surface area contributed by atoms with Gasteiger partial charge in [-0.25, -0.2) is 0 Å². The van der Waals surface area contributed by atoms with E-state index in [0.717, 1.165) is 28.9 Å². The first-order valence-corrected chi connectivity index (χ1v) is 10.5. The second-order valence-electron chi connectivity index (χ2n) is 8.42. The van der Waals surface area contributed by atoms with Gasteiger partial charge >= 0.3 is 0 Å². The van der Waals surface area contributed by atoms with Gasteiger partial charge < -0.3 is 23.7 Å². The van der Waals surface area contributed by atoms with Crippen molar-refractivity contribution >= 4 is 11.9 Å². The predicted octanol–water partition coefficient (Wildman–Crippen LogP) is 4.79. The summed E-state index contributed by atoms with van der Waals surface area (Å²) in [7, 11) is 3.15. The van der Waals surface area contributed by atoms with E-state index < -0.39 is 12.0 Å². The van der Waals surface area contributed by atoms with Crippen molar-refractivity contribution in [2.24, 2.45) is 0 Å². The van der Waals surface area contributed by atoms with Gasteiger partial charge in [0.1, 0.15) is 35.6 Å². The first-order chi connectivity index (χ1) is 14.9. The molecule has 0 bridgehead atoms. The van der Waals surface area contributed by atoms with E-state index in [-0.39, 0.29) is 18.0 Å². The smallest absolute Gasteiger partial charge is 0.178 e. The summed E-state index contributed by atoms with van der Waals surface area (Å²) in [4.78, 5) is 13.6. The Morgan fingerprint density at radius 2 is 1.87 bits per heavy atom. The molecule has 0 saturated heterocycles. The van der Waals surface area contributed by atoms with Gasteiger partial charge in [0, 0.05) is 11.6 Å². The third kappa shape index (κ3) is 2.81. The lowest BCUT2D eigenvalue weighted by atomic mass is 9.80. The van der Waals surface area contributed by atoms with E-state index in [1.165, 1.54) is 0 Å². The van der Waals surface area contributed by atoms with Gasteiger partial charge in [0.25, 0.3) is 0 Å². The fourth-order valence-electron chi connectivity index (χ4n) is 4.62. The molecule has 3 aliphatic heterocycles. The fraction of sp³-hybridized carbons (Fsp3) is 0.400. The van der Waals surface area contributed by atoms with Gasteiger partial charge in [-0.3, -0.25) is 4.79 Å². The number of fused-ring (bicyclic) bond motifs is 6. The van der Waals surface area contributed by atoms with E-state index in [1.807, 2.05) is 18.2 Å². The summed E-state index contributed by atoms with van der Waals surface area (Å²) in [5.74, 6) is 2.60. The molecule has 0 aliphatic carbocycles. The number of hydrogen-bond donors (Lipinski definition) is 0. The van der Waals surface area contributed by atoms with Crippen LogP contribution in [-0.4, -0.2) is 38.3 Å². The molecule has 6 nitrogen and oxygen atoms in total. The molecule has 0 radical (unpaired) electrons. The molecule has 0 amide bonds. The monoisotopic (exact) mass is 422 g/mol. The van der Waals surface area contributed by atoms with E-state index in [2.05, 4.69) is 26.8 Å². The number of methoxy groups -OCH3 is 2. The summed E-state index contributed by atoms with van der Waals surface area (Å²) in [6.45, 7) is 6.51. The quantitative estimate of drug-likeness (QED) is 0.709. The molecule has 3 heterocycles. The van der Waals surface area contributed by atoms with Crippen molar-refractivity contribution < 1.29 is 28.5 Å². The van der Waals surface area contributed by atoms with Crippen LogP contribution in [0.4, 0.5) is 0 Å². The number of Topliss-reactive ketones (excluding diaryl/α,β-unsaturated/α-hetero) is 1. The van der Waals surface area contributed by atoms with Crippen molar-refractivity contribution in [3.8, 4) is 28.7 Å². The number of hydrogen-bond acceptors (Lipinski definition) is 6. The Hall–Kier alpha value is -3.15. The number of carbonyl (C=O) groups excluding carboxylic acids is 1. The average Bonchev–Trinajstić information content (AvgIpc) is 2.78. The highest BCUT2D eigenvalue weighted by atomic mass is 16.5. The summed E-state index contributed by atoms with van der Waals surface area (Å²) in [6, 6.07) is 7.27. The molecule has 0 saturated carbocycles. The van der Waals surface area contributed by atoms with E-state index in [0.29, 0.717) is 28.6 Å². The van der Waals surface area contributed by atoms with Crippen LogP contribution >= 0.6 is 0 Å². The van der Waals surface area contributed by atoms with Gasteiger partial charge in [0.15, 0.2) is 17.3 Å². The zero-order valence-corrected chi connectivity index (χ0v) is 18.4. The van der Waals surface area contributed by atoms with Crippen LogP contribution in [0.2, 0.25) is 0 Å². The third-order valence-electron chi connectivity index (χ3n) is 6.80. The summed E-state index contributed by atoms with van der Waals surface area (Å²) in [5, 5.41) is 0. The zero-order valence-electron chi connectivity index (χ0n) is 18.4. The van der Waals surface area contributed by atoms with Crippen LogP contribution < -0.4 is 23.7 Å². The molecular weight excluding hydrogens is 396 g/mol. The normalized spacial score (nSPS) is 25.5. The molecule has 0 N–H and O–H groups in total. The minimum atomic E-state index is -0.468. The summed E-state index contributed by atoms with van der Waals surface area (Å²) < 4.78 is 29.5. The Labute approximate surface area is 181 Å². The van der Waals surface area contributed by atoms with E-state index in [4.69, 9.17) is 23.7 Å². The van der Waals surface area contributed by atoms with Crippen LogP contribution in [0, 0.1) is 0 Å². The van der Waals surface area contributed by atoms with Crippen LogP contribution in [-0.2, 0) is 0 Å². The third-order valence-corrected chi connectivity index (χ3v) is 6.80. The van der Waals surface area contributed by atoms with Gasteiger partial charge in [-0.2, -0.15) is 0 Å². The molecule has 1 unspecified atom stereocenters. The minimum absolute atomic E-state index is 0.0145. The Morgan fingerprint density at radius 3 is 2.58 bits per heavy atom. The molecule has 3 aliphatic rings. The Morgan fingerprint density at radius 1 is 1.13 bits per heavy atom. The molecular formula is C25H26O6. The van der Waals surface area contributed by atoms with Crippen molar-refractivity contribution in [3.05, 3.63) is 46.5 Å². The molecule has 6 heteroatoms. The summed E-state index contributed by atoms with van der Waals surface area (Å²) in [5.41, 5.74) is 2.89. The van der Waals surface area contributed by atoms with Gasteiger partial charge in [-0.15, -0.1) is 0 Å². The maximum absolute atomic E-state index is 13.6. The largest absolute Gasteiger partial charge is 0.493 e. The standard InChI is InChI=1S/C25H26O6/c1-6-25(3)13(2)9-16-17(31-25)8-7-14-23(26)22-15-10-19(27-4)20(28-5)11-18(15)29-12-21(22)30-24(14)16/h7-11,21-22H,6,12H2,1-5H3/t21-,22+,25?/m1/s1. The van der Waals surface area contributed by atoms with Crippen molar-refractivity contribution in [2.45, 2.75) is 44.8 Å². The minimum Gasteiger partial charge on any atom is -0.493 e. The second-order valence-corrected chi connectivity index (χ2v) is 8.42. The maximum Gasteiger partial charge on any atom is 0.178 e.